The van der Waals surface area contributed by atoms with Crippen molar-refractivity contribution in [1.29, 1.82) is 0 Å². The van der Waals surface area contributed by atoms with Crippen LogP contribution in [0, 0.1) is 5.92 Å². The van der Waals surface area contributed by atoms with E-state index in [4.69, 9.17) is 4.74 Å². The van der Waals surface area contributed by atoms with Gasteiger partial charge in [0.25, 0.3) is 0 Å². The molecule has 0 aliphatic carbocycles. The molecule has 2 aliphatic rings. The number of fused-ring (bicyclic) bond motifs is 1. The largest absolute Gasteiger partial charge is 0.383 e. The van der Waals surface area contributed by atoms with Gasteiger partial charge in [-0.25, -0.2) is 4.98 Å². The Labute approximate surface area is 138 Å². The van der Waals surface area contributed by atoms with Crippen molar-refractivity contribution >= 4 is 5.91 Å². The number of imidazole rings is 1. The van der Waals surface area contributed by atoms with Crippen molar-refractivity contribution in [3.63, 3.8) is 0 Å². The smallest absolute Gasteiger partial charge is 0.222 e. The maximum Gasteiger partial charge on any atom is 0.222 e. The van der Waals surface area contributed by atoms with Gasteiger partial charge in [0.2, 0.25) is 5.91 Å². The molecule has 2 fully saturated rings. The second-order valence-electron chi connectivity index (χ2n) is 6.78. The number of hydrogen-bond acceptors (Lipinski definition) is 4. The zero-order chi connectivity index (χ0) is 16.2. The van der Waals surface area contributed by atoms with Gasteiger partial charge in [-0.15, -0.1) is 0 Å². The average Bonchev–Trinajstić information content (AvgIpc) is 2.87. The summed E-state index contributed by atoms with van der Waals surface area (Å²) in [4.78, 5) is 21.4. The van der Waals surface area contributed by atoms with E-state index in [1.807, 2.05) is 19.4 Å². The van der Waals surface area contributed by atoms with Gasteiger partial charge in [-0.3, -0.25) is 9.69 Å². The number of amides is 1. The second kappa shape index (κ2) is 7.45. The van der Waals surface area contributed by atoms with Crippen molar-refractivity contribution in [2.75, 3.05) is 33.4 Å². The molecule has 0 aromatic carbocycles. The summed E-state index contributed by atoms with van der Waals surface area (Å²) in [5.74, 6) is 2.00. The monoisotopic (exact) mass is 320 g/mol. The highest BCUT2D eigenvalue weighted by atomic mass is 16.5. The van der Waals surface area contributed by atoms with Crippen LogP contribution in [0.5, 0.6) is 0 Å². The number of ether oxygens (including phenoxy) is 1. The Bertz CT molecular complexity index is 530. The first-order valence-corrected chi connectivity index (χ1v) is 8.66. The molecule has 1 amide bonds. The van der Waals surface area contributed by atoms with E-state index < -0.39 is 0 Å². The number of hydrogen-bond donors (Lipinski definition) is 0. The van der Waals surface area contributed by atoms with Crippen molar-refractivity contribution in [3.8, 4) is 0 Å². The predicted octanol–water partition coefficient (Wildman–Crippen LogP) is 1.27. The van der Waals surface area contributed by atoms with E-state index in [-0.39, 0.29) is 0 Å². The van der Waals surface area contributed by atoms with Crippen LogP contribution >= 0.6 is 0 Å². The molecular weight excluding hydrogens is 292 g/mol. The SMILES string of the molecule is COCCN1C(=O)CCC[C@H]2CN(Cc3nccn3C)CC[C@H]21. The number of methoxy groups -OCH3 is 1. The predicted molar refractivity (Wildman–Crippen MR) is 87.8 cm³/mol. The van der Waals surface area contributed by atoms with Crippen LogP contribution in [0.1, 0.15) is 31.5 Å². The Hall–Kier alpha value is -1.40. The molecule has 0 unspecified atom stereocenters. The van der Waals surface area contributed by atoms with Gasteiger partial charge < -0.3 is 14.2 Å². The highest BCUT2D eigenvalue weighted by Crippen LogP contribution is 2.30. The number of aryl methyl sites for hydroxylation is 1. The maximum atomic E-state index is 12.4. The van der Waals surface area contributed by atoms with E-state index in [1.165, 1.54) is 0 Å². The molecule has 1 aromatic heterocycles. The Kier molecular flexibility index (Phi) is 5.33. The minimum absolute atomic E-state index is 0.312. The standard InChI is InChI=1S/C17H28N4O2/c1-19-9-7-18-16(19)13-20-8-6-15-14(12-20)4-3-5-17(22)21(15)10-11-23-2/h7,9,14-15H,3-6,8,10-13H2,1-2H3/t14-,15+/m0/s1. The van der Waals surface area contributed by atoms with E-state index in [0.717, 1.165) is 51.3 Å². The minimum Gasteiger partial charge on any atom is -0.383 e. The van der Waals surface area contributed by atoms with Crippen LogP contribution < -0.4 is 0 Å². The molecule has 0 radical (unpaired) electrons. The Morgan fingerprint density at radius 3 is 3.00 bits per heavy atom. The summed E-state index contributed by atoms with van der Waals surface area (Å²) in [5, 5.41) is 0. The van der Waals surface area contributed by atoms with Crippen LogP contribution in [0.15, 0.2) is 12.4 Å². The van der Waals surface area contributed by atoms with Crippen LogP contribution in [0.4, 0.5) is 0 Å². The molecule has 2 aliphatic heterocycles. The first kappa shape index (κ1) is 16.5. The number of likely N-dealkylation sites (tertiary alicyclic amines) is 2. The summed E-state index contributed by atoms with van der Waals surface area (Å²) >= 11 is 0. The number of nitrogens with zero attached hydrogens (tertiary/aromatic N) is 4. The second-order valence-corrected chi connectivity index (χ2v) is 6.78. The lowest BCUT2D eigenvalue weighted by Gasteiger charge is -2.42. The van der Waals surface area contributed by atoms with E-state index in [0.29, 0.717) is 30.9 Å². The molecule has 128 valence electrons. The molecule has 0 bridgehead atoms. The summed E-state index contributed by atoms with van der Waals surface area (Å²) in [6.45, 7) is 4.36. The molecule has 23 heavy (non-hydrogen) atoms. The molecule has 3 heterocycles. The van der Waals surface area contributed by atoms with Gasteiger partial charge in [0.05, 0.1) is 13.2 Å². The molecule has 0 saturated carbocycles. The van der Waals surface area contributed by atoms with Gasteiger partial charge in [0.15, 0.2) is 0 Å². The van der Waals surface area contributed by atoms with E-state index in [1.54, 1.807) is 7.11 Å². The summed E-state index contributed by atoms with van der Waals surface area (Å²) in [5.41, 5.74) is 0. The Morgan fingerprint density at radius 1 is 1.39 bits per heavy atom. The Balaban J connectivity index is 1.65. The average molecular weight is 320 g/mol. The third-order valence-corrected chi connectivity index (χ3v) is 5.29. The fourth-order valence-electron chi connectivity index (χ4n) is 4.01. The Morgan fingerprint density at radius 2 is 2.26 bits per heavy atom. The molecule has 6 nitrogen and oxygen atoms in total. The first-order chi connectivity index (χ1) is 11.2. The normalized spacial score (nSPS) is 26.2. The lowest BCUT2D eigenvalue weighted by atomic mass is 9.88. The van der Waals surface area contributed by atoms with Crippen molar-refractivity contribution in [3.05, 3.63) is 18.2 Å². The summed E-state index contributed by atoms with van der Waals surface area (Å²) < 4.78 is 7.29. The van der Waals surface area contributed by atoms with Crippen molar-refractivity contribution in [1.82, 2.24) is 19.4 Å². The first-order valence-electron chi connectivity index (χ1n) is 8.66. The summed E-state index contributed by atoms with van der Waals surface area (Å²) in [7, 11) is 3.75. The zero-order valence-electron chi connectivity index (χ0n) is 14.3. The maximum absolute atomic E-state index is 12.4. The molecule has 2 atom stereocenters. The van der Waals surface area contributed by atoms with Gasteiger partial charge in [-0.1, -0.05) is 0 Å². The highest BCUT2D eigenvalue weighted by Gasteiger charge is 2.37. The fourth-order valence-corrected chi connectivity index (χ4v) is 4.01. The number of piperidine rings is 1. The van der Waals surface area contributed by atoms with Gasteiger partial charge in [-0.05, 0) is 25.2 Å². The topological polar surface area (TPSA) is 50.6 Å². The lowest BCUT2D eigenvalue weighted by Crippen LogP contribution is -2.52. The van der Waals surface area contributed by atoms with Gasteiger partial charge >= 0.3 is 0 Å². The van der Waals surface area contributed by atoms with Crippen molar-refractivity contribution < 1.29 is 9.53 Å². The zero-order valence-corrected chi connectivity index (χ0v) is 14.3. The van der Waals surface area contributed by atoms with Crippen LogP contribution in [0.2, 0.25) is 0 Å². The number of rotatable bonds is 5. The highest BCUT2D eigenvalue weighted by molar-refractivity contribution is 5.76. The number of carbonyl (C=O) groups excluding carboxylic acids is 1. The molecule has 1 aromatic rings. The molecule has 2 saturated heterocycles. The minimum atomic E-state index is 0.312. The van der Waals surface area contributed by atoms with Crippen LogP contribution in [0.3, 0.4) is 0 Å². The molecule has 0 spiro atoms. The number of aromatic nitrogens is 2. The molecule has 6 heteroatoms. The fraction of sp³-hybridized carbons (Fsp3) is 0.765. The third kappa shape index (κ3) is 3.75. The van der Waals surface area contributed by atoms with Gasteiger partial charge in [0, 0.05) is 58.6 Å². The van der Waals surface area contributed by atoms with Crippen LogP contribution in [-0.4, -0.2) is 64.7 Å². The molecule has 3 rings (SSSR count). The summed E-state index contributed by atoms with van der Waals surface area (Å²) in [6.07, 6.45) is 7.77. The lowest BCUT2D eigenvalue weighted by molar-refractivity contribution is -0.135. The molecule has 0 N–H and O–H groups in total. The molecular formula is C17H28N4O2. The van der Waals surface area contributed by atoms with E-state index in [2.05, 4.69) is 19.4 Å². The van der Waals surface area contributed by atoms with E-state index in [9.17, 15) is 4.79 Å². The van der Waals surface area contributed by atoms with E-state index >= 15 is 0 Å². The third-order valence-electron chi connectivity index (χ3n) is 5.29. The quantitative estimate of drug-likeness (QED) is 0.820. The number of carbonyl (C=O) groups is 1. The van der Waals surface area contributed by atoms with Crippen LogP contribution in [-0.2, 0) is 23.1 Å². The van der Waals surface area contributed by atoms with Crippen molar-refractivity contribution in [2.45, 2.75) is 38.3 Å². The van der Waals surface area contributed by atoms with Gasteiger partial charge in [-0.2, -0.15) is 0 Å². The van der Waals surface area contributed by atoms with Crippen molar-refractivity contribution in [2.24, 2.45) is 13.0 Å². The van der Waals surface area contributed by atoms with Gasteiger partial charge in [0.1, 0.15) is 5.82 Å². The summed E-state index contributed by atoms with van der Waals surface area (Å²) in [6, 6.07) is 0.387. The van der Waals surface area contributed by atoms with Crippen LogP contribution in [0.25, 0.3) is 0 Å².